The Kier molecular flexibility index (Phi) is 6.14. The first-order valence-electron chi connectivity index (χ1n) is 14.3. The molecular weight excluding hydrogens is 645 g/mol. The molecule has 0 amide bonds. The van der Waals surface area contributed by atoms with E-state index < -0.39 is 6.85 Å². The molecule has 193 valence electrons. The van der Waals surface area contributed by atoms with Gasteiger partial charge in [-0.1, -0.05) is 105 Å². The Balaban J connectivity index is 0.00000337. The summed E-state index contributed by atoms with van der Waals surface area (Å²) in [5, 5.41) is 0.684. The average Bonchev–Trinajstić information content (AvgIpc) is 3.53. The maximum atomic E-state index is 7.95. The molecule has 0 spiro atoms. The van der Waals surface area contributed by atoms with Gasteiger partial charge in [0, 0.05) is 41.8 Å². The second-order valence-electron chi connectivity index (χ2n) is 10.2. The number of fused-ring (bicyclic) bond motifs is 2. The Morgan fingerprint density at radius 2 is 1.50 bits per heavy atom. The van der Waals surface area contributed by atoms with E-state index in [4.69, 9.17) is 13.5 Å². The predicted octanol–water partition coefficient (Wildman–Crippen LogP) is 9.46. The first kappa shape index (κ1) is 22.5. The van der Waals surface area contributed by atoms with Crippen molar-refractivity contribution in [1.29, 1.82) is 0 Å². The van der Waals surface area contributed by atoms with E-state index in [9.17, 15) is 0 Å². The SMILES string of the molecule is [2H]C([2H])([2H])c1ccc2o[c-]c(-c3nc4ccccc4n3-c3c(C(C)C)cc(-c4ccccc4)cc3C(C)C)c2c1.[Ir]. The van der Waals surface area contributed by atoms with Crippen LogP contribution in [0.5, 0.6) is 0 Å². The fourth-order valence-electron chi connectivity index (χ4n) is 5.18. The number of furan rings is 1. The molecule has 0 aliphatic carbocycles. The third kappa shape index (κ3) is 4.42. The molecule has 0 saturated heterocycles. The number of nitrogens with zero attached hydrogens (tertiary/aromatic N) is 2. The van der Waals surface area contributed by atoms with Gasteiger partial charge in [-0.25, -0.2) is 0 Å². The van der Waals surface area contributed by atoms with Crippen molar-refractivity contribution in [2.24, 2.45) is 0 Å². The minimum absolute atomic E-state index is 0. The molecule has 0 fully saturated rings. The zero-order chi connectivity index (χ0) is 28.2. The van der Waals surface area contributed by atoms with E-state index >= 15 is 0 Å². The normalized spacial score (nSPS) is 13.1. The molecule has 38 heavy (non-hydrogen) atoms. The topological polar surface area (TPSA) is 31.0 Å². The maximum absolute atomic E-state index is 7.95. The number of para-hydroxylation sites is 2. The molecule has 0 unspecified atom stereocenters. The van der Waals surface area contributed by atoms with Crippen molar-refractivity contribution < 1.29 is 28.6 Å². The summed E-state index contributed by atoms with van der Waals surface area (Å²) in [4.78, 5) is 5.09. The third-order valence-electron chi connectivity index (χ3n) is 7.04. The van der Waals surface area contributed by atoms with Crippen LogP contribution in [0, 0.1) is 13.1 Å². The summed E-state index contributed by atoms with van der Waals surface area (Å²) in [5.74, 6) is 1.15. The van der Waals surface area contributed by atoms with Gasteiger partial charge >= 0.3 is 0 Å². The number of aromatic nitrogens is 2. The molecule has 1 radical (unpaired) electrons. The van der Waals surface area contributed by atoms with Gasteiger partial charge in [0.15, 0.2) is 0 Å². The van der Waals surface area contributed by atoms with Crippen molar-refractivity contribution in [3.63, 3.8) is 0 Å². The molecule has 0 saturated carbocycles. The second kappa shape index (κ2) is 10.4. The van der Waals surface area contributed by atoms with Crippen molar-refractivity contribution in [2.75, 3.05) is 0 Å². The molecule has 0 bridgehead atoms. The Hall–Kier alpha value is -3.46. The van der Waals surface area contributed by atoms with Crippen LogP contribution in [-0.2, 0) is 20.1 Å². The monoisotopic (exact) mass is 679 g/mol. The molecule has 0 aliphatic heterocycles. The van der Waals surface area contributed by atoms with Crippen LogP contribution in [0.2, 0.25) is 0 Å². The van der Waals surface area contributed by atoms with E-state index in [0.29, 0.717) is 22.4 Å². The molecule has 0 atom stereocenters. The van der Waals surface area contributed by atoms with E-state index in [1.165, 1.54) is 22.3 Å². The van der Waals surface area contributed by atoms with E-state index in [-0.39, 0.29) is 37.5 Å². The zero-order valence-electron chi connectivity index (χ0n) is 24.9. The number of hydrogen-bond acceptors (Lipinski definition) is 2. The van der Waals surface area contributed by atoms with E-state index in [2.05, 4.69) is 81.0 Å². The van der Waals surface area contributed by atoms with Gasteiger partial charge in [0.25, 0.3) is 0 Å². The van der Waals surface area contributed by atoms with Crippen molar-refractivity contribution in [3.05, 3.63) is 108 Å². The Labute approximate surface area is 242 Å². The largest absolute Gasteiger partial charge is 0.557 e. The van der Waals surface area contributed by atoms with Crippen LogP contribution in [0.4, 0.5) is 0 Å². The molecule has 2 aromatic heterocycles. The van der Waals surface area contributed by atoms with Gasteiger partial charge in [-0.2, -0.15) is 0 Å². The van der Waals surface area contributed by atoms with Crippen molar-refractivity contribution in [2.45, 2.75) is 46.4 Å². The van der Waals surface area contributed by atoms with E-state index in [1.807, 2.05) is 24.3 Å². The third-order valence-corrected chi connectivity index (χ3v) is 7.04. The quantitative estimate of drug-likeness (QED) is 0.170. The minimum Gasteiger partial charge on any atom is -0.557 e. The van der Waals surface area contributed by atoms with Crippen molar-refractivity contribution in [3.8, 4) is 28.2 Å². The fourth-order valence-corrected chi connectivity index (χ4v) is 5.18. The molecule has 3 nitrogen and oxygen atoms in total. The van der Waals surface area contributed by atoms with Gasteiger partial charge in [0.1, 0.15) is 0 Å². The van der Waals surface area contributed by atoms with Gasteiger partial charge in [-0.15, -0.1) is 0 Å². The van der Waals surface area contributed by atoms with Crippen LogP contribution in [0.1, 0.15) is 60.3 Å². The molecule has 2 heterocycles. The van der Waals surface area contributed by atoms with Gasteiger partial charge in [-0.3, -0.25) is 4.98 Å². The number of imidazole rings is 1. The van der Waals surface area contributed by atoms with E-state index in [1.54, 1.807) is 18.2 Å². The first-order valence-corrected chi connectivity index (χ1v) is 12.8. The molecular formula is C34H31IrN2O-. The first-order chi connectivity index (χ1) is 19.1. The zero-order valence-corrected chi connectivity index (χ0v) is 24.3. The van der Waals surface area contributed by atoms with Crippen molar-refractivity contribution >= 4 is 22.0 Å². The van der Waals surface area contributed by atoms with E-state index in [0.717, 1.165) is 16.7 Å². The van der Waals surface area contributed by atoms with Gasteiger partial charge < -0.3 is 8.98 Å². The standard InChI is InChI=1S/C34H31N2O.Ir/c1-21(2)26-18-25(24-11-7-6-8-12-24)19-27(22(3)4)33(26)36-31-14-10-9-13-30(31)35-34(36)29-20-37-32-16-15-23(5)17-28(29)32;/h6-19,21-22H,1-5H3;/q-1;/i5D3;. The fraction of sp³-hybridized carbons (Fsp3) is 0.206. The number of hydrogen-bond donors (Lipinski definition) is 0. The van der Waals surface area contributed by atoms with Gasteiger partial charge in [0.05, 0.1) is 16.9 Å². The maximum Gasteiger partial charge on any atom is 0.0774 e. The molecule has 6 aromatic rings. The smallest absolute Gasteiger partial charge is 0.0774 e. The summed E-state index contributed by atoms with van der Waals surface area (Å²) >= 11 is 0. The Bertz CT molecular complexity index is 1820. The van der Waals surface area contributed by atoms with Crippen LogP contribution in [0.25, 0.3) is 50.2 Å². The predicted molar refractivity (Wildman–Crippen MR) is 153 cm³/mol. The number of rotatable bonds is 5. The Morgan fingerprint density at radius 3 is 2.18 bits per heavy atom. The van der Waals surface area contributed by atoms with Crippen LogP contribution in [-0.4, -0.2) is 9.55 Å². The average molecular weight is 679 g/mol. The van der Waals surface area contributed by atoms with Crippen LogP contribution >= 0.6 is 0 Å². The summed E-state index contributed by atoms with van der Waals surface area (Å²) in [7, 11) is 0. The Morgan fingerprint density at radius 1 is 0.816 bits per heavy atom. The van der Waals surface area contributed by atoms with Crippen LogP contribution in [0.15, 0.2) is 89.3 Å². The van der Waals surface area contributed by atoms with Crippen LogP contribution in [0.3, 0.4) is 0 Å². The molecule has 0 N–H and O–H groups in total. The summed E-state index contributed by atoms with van der Waals surface area (Å²) in [6, 6.07) is 28.2. The minimum atomic E-state index is -2.23. The molecule has 4 heteroatoms. The van der Waals surface area contributed by atoms with Gasteiger partial charge in [0.2, 0.25) is 0 Å². The summed E-state index contributed by atoms with van der Waals surface area (Å²) in [6.45, 7) is 6.65. The number of aryl methyl sites for hydroxylation is 1. The van der Waals surface area contributed by atoms with Crippen molar-refractivity contribution in [1.82, 2.24) is 9.55 Å². The second-order valence-corrected chi connectivity index (χ2v) is 10.2. The van der Waals surface area contributed by atoms with Crippen LogP contribution < -0.4 is 0 Å². The molecule has 6 rings (SSSR count). The summed E-state index contributed by atoms with van der Waals surface area (Å²) < 4.78 is 31.9. The molecule has 0 aliphatic rings. The summed E-state index contributed by atoms with van der Waals surface area (Å²) in [5.41, 5.74) is 9.20. The summed E-state index contributed by atoms with van der Waals surface area (Å²) in [6.07, 6.45) is 3.07. The number of benzene rings is 4. The molecule has 4 aromatic carbocycles. The van der Waals surface area contributed by atoms with Gasteiger partial charge in [-0.05, 0) is 65.2 Å².